The molecule has 1 aromatic rings. The number of rotatable bonds is 3. The lowest BCUT2D eigenvalue weighted by molar-refractivity contribution is -0.108. The van der Waals surface area contributed by atoms with Gasteiger partial charge in [0, 0.05) is 6.42 Å². The van der Waals surface area contributed by atoms with Crippen molar-refractivity contribution in [2.45, 2.75) is 45.4 Å². The van der Waals surface area contributed by atoms with Crippen LogP contribution >= 0.6 is 0 Å². The van der Waals surface area contributed by atoms with Gasteiger partial charge in [0.2, 0.25) is 0 Å². The van der Waals surface area contributed by atoms with Crippen LogP contribution in [0.1, 0.15) is 51.2 Å². The van der Waals surface area contributed by atoms with Gasteiger partial charge >= 0.3 is 0 Å². The van der Waals surface area contributed by atoms with E-state index in [9.17, 15) is 4.79 Å². The molecule has 15 heavy (non-hydrogen) atoms. The molecule has 82 valence electrons. The Balaban J connectivity index is 3.12. The van der Waals surface area contributed by atoms with E-state index in [4.69, 9.17) is 0 Å². The summed E-state index contributed by atoms with van der Waals surface area (Å²) in [7, 11) is 0. The van der Waals surface area contributed by atoms with Crippen molar-refractivity contribution in [3.8, 4) is 0 Å². The summed E-state index contributed by atoms with van der Waals surface area (Å²) in [5, 5.41) is 0. The summed E-state index contributed by atoms with van der Waals surface area (Å²) in [6.07, 6.45) is 1.61. The van der Waals surface area contributed by atoms with Crippen LogP contribution in [0, 0.1) is 0 Å². The van der Waals surface area contributed by atoms with Gasteiger partial charge in [0.1, 0.15) is 6.29 Å². The molecule has 0 aliphatic heterocycles. The molecule has 0 radical (unpaired) electrons. The first-order chi connectivity index (χ1) is 6.96. The molecule has 0 saturated heterocycles. The lowest BCUT2D eigenvalue weighted by Crippen LogP contribution is -2.15. The van der Waals surface area contributed by atoms with Crippen molar-refractivity contribution in [1.29, 1.82) is 0 Å². The van der Waals surface area contributed by atoms with E-state index in [1.54, 1.807) is 0 Å². The van der Waals surface area contributed by atoms with E-state index >= 15 is 0 Å². The summed E-state index contributed by atoms with van der Waals surface area (Å²) in [6.45, 7) is 8.73. The normalized spacial score (nSPS) is 13.6. The highest BCUT2D eigenvalue weighted by Gasteiger charge is 2.19. The van der Waals surface area contributed by atoms with Gasteiger partial charge in [0.05, 0.1) is 0 Å². The first-order valence-electron chi connectivity index (χ1n) is 5.50. The van der Waals surface area contributed by atoms with Gasteiger partial charge < -0.3 is 4.79 Å². The van der Waals surface area contributed by atoms with Gasteiger partial charge in [-0.2, -0.15) is 0 Å². The first-order valence-corrected chi connectivity index (χ1v) is 5.50. The molecule has 1 rings (SSSR count). The van der Waals surface area contributed by atoms with Crippen LogP contribution in [0.25, 0.3) is 0 Å². The molecule has 0 aliphatic rings. The number of hydrogen-bond donors (Lipinski definition) is 0. The van der Waals surface area contributed by atoms with Crippen LogP contribution in [0.15, 0.2) is 24.3 Å². The van der Waals surface area contributed by atoms with Gasteiger partial charge in [-0.1, -0.05) is 52.0 Å². The summed E-state index contributed by atoms with van der Waals surface area (Å²) >= 11 is 0. The van der Waals surface area contributed by atoms with E-state index in [0.717, 1.165) is 6.29 Å². The molecular formula is C14H20O. The standard InChI is InChI=1S/C14H20O/c1-11(9-10-15)12-7-5-6-8-13(12)14(2,3)4/h5-8,10-11H,9H2,1-4H3. The van der Waals surface area contributed by atoms with Crippen LogP contribution in [0.4, 0.5) is 0 Å². The summed E-state index contributed by atoms with van der Waals surface area (Å²) in [5.41, 5.74) is 2.80. The van der Waals surface area contributed by atoms with Gasteiger partial charge in [-0.3, -0.25) is 0 Å². The van der Waals surface area contributed by atoms with Gasteiger partial charge in [-0.05, 0) is 22.5 Å². The summed E-state index contributed by atoms with van der Waals surface area (Å²) < 4.78 is 0. The van der Waals surface area contributed by atoms with Crippen molar-refractivity contribution < 1.29 is 4.79 Å². The van der Waals surface area contributed by atoms with Crippen LogP contribution in [-0.2, 0) is 10.2 Å². The summed E-state index contributed by atoms with van der Waals surface area (Å²) in [4.78, 5) is 10.5. The Morgan fingerprint density at radius 1 is 1.27 bits per heavy atom. The van der Waals surface area contributed by atoms with Crippen LogP contribution < -0.4 is 0 Å². The molecule has 0 spiro atoms. The molecule has 0 bridgehead atoms. The van der Waals surface area contributed by atoms with Crippen LogP contribution in [0.3, 0.4) is 0 Å². The summed E-state index contributed by atoms with van der Waals surface area (Å²) in [5.74, 6) is 0.318. The molecule has 1 atom stereocenters. The number of hydrogen-bond acceptors (Lipinski definition) is 1. The highest BCUT2D eigenvalue weighted by Crippen LogP contribution is 2.31. The minimum Gasteiger partial charge on any atom is -0.303 e. The fourth-order valence-corrected chi connectivity index (χ4v) is 1.88. The van der Waals surface area contributed by atoms with Crippen molar-refractivity contribution in [2.24, 2.45) is 0 Å². The van der Waals surface area contributed by atoms with Gasteiger partial charge in [0.15, 0.2) is 0 Å². The predicted molar refractivity (Wildman–Crippen MR) is 64.2 cm³/mol. The number of carbonyl (C=O) groups is 1. The number of benzene rings is 1. The summed E-state index contributed by atoms with van der Waals surface area (Å²) in [6, 6.07) is 8.41. The molecule has 0 saturated carbocycles. The molecule has 0 N–H and O–H groups in total. The van der Waals surface area contributed by atoms with E-state index in [0.29, 0.717) is 12.3 Å². The molecule has 0 aromatic heterocycles. The van der Waals surface area contributed by atoms with Crippen LogP contribution in [-0.4, -0.2) is 6.29 Å². The van der Waals surface area contributed by atoms with Gasteiger partial charge in [-0.25, -0.2) is 0 Å². The zero-order chi connectivity index (χ0) is 11.5. The average molecular weight is 204 g/mol. The van der Waals surface area contributed by atoms with Gasteiger partial charge in [0.25, 0.3) is 0 Å². The third kappa shape index (κ3) is 2.92. The van der Waals surface area contributed by atoms with E-state index < -0.39 is 0 Å². The molecule has 1 unspecified atom stereocenters. The van der Waals surface area contributed by atoms with Crippen molar-refractivity contribution in [3.05, 3.63) is 35.4 Å². The fraction of sp³-hybridized carbons (Fsp3) is 0.500. The Kier molecular flexibility index (Phi) is 3.67. The maximum atomic E-state index is 10.5. The topological polar surface area (TPSA) is 17.1 Å². The zero-order valence-electron chi connectivity index (χ0n) is 10.1. The highest BCUT2D eigenvalue weighted by atomic mass is 16.1. The van der Waals surface area contributed by atoms with Gasteiger partial charge in [-0.15, -0.1) is 0 Å². The minimum absolute atomic E-state index is 0.147. The molecular weight excluding hydrogens is 184 g/mol. The molecule has 1 heteroatoms. The van der Waals surface area contributed by atoms with Crippen molar-refractivity contribution >= 4 is 6.29 Å². The highest BCUT2D eigenvalue weighted by molar-refractivity contribution is 5.52. The Labute approximate surface area is 92.5 Å². The molecule has 1 nitrogen and oxygen atoms in total. The lowest BCUT2D eigenvalue weighted by atomic mass is 9.80. The second kappa shape index (κ2) is 4.61. The van der Waals surface area contributed by atoms with Crippen molar-refractivity contribution in [2.75, 3.05) is 0 Å². The average Bonchev–Trinajstić information content (AvgIpc) is 2.17. The number of aldehydes is 1. The third-order valence-corrected chi connectivity index (χ3v) is 2.75. The van der Waals surface area contributed by atoms with Crippen molar-refractivity contribution in [3.63, 3.8) is 0 Å². The van der Waals surface area contributed by atoms with Crippen LogP contribution in [0.5, 0.6) is 0 Å². The lowest BCUT2D eigenvalue weighted by Gasteiger charge is -2.25. The van der Waals surface area contributed by atoms with E-state index in [2.05, 4.69) is 45.9 Å². The molecule has 0 fully saturated rings. The SMILES string of the molecule is CC(CC=O)c1ccccc1C(C)(C)C. The smallest absolute Gasteiger partial charge is 0.120 e. The van der Waals surface area contributed by atoms with E-state index in [-0.39, 0.29) is 5.41 Å². The molecule has 1 aromatic carbocycles. The largest absolute Gasteiger partial charge is 0.303 e. The Morgan fingerprint density at radius 3 is 2.40 bits per heavy atom. The molecule has 0 amide bonds. The zero-order valence-corrected chi connectivity index (χ0v) is 10.1. The maximum Gasteiger partial charge on any atom is 0.120 e. The number of carbonyl (C=O) groups excluding carboxylic acids is 1. The third-order valence-electron chi connectivity index (χ3n) is 2.75. The first kappa shape index (κ1) is 12.0. The van der Waals surface area contributed by atoms with E-state index in [1.807, 2.05) is 6.07 Å². The minimum atomic E-state index is 0.147. The van der Waals surface area contributed by atoms with E-state index in [1.165, 1.54) is 11.1 Å². The van der Waals surface area contributed by atoms with Crippen LogP contribution in [0.2, 0.25) is 0 Å². The monoisotopic (exact) mass is 204 g/mol. The Hall–Kier alpha value is -1.11. The maximum absolute atomic E-state index is 10.5. The Bertz CT molecular complexity index is 333. The quantitative estimate of drug-likeness (QED) is 0.686. The predicted octanol–water partition coefficient (Wildman–Crippen LogP) is 3.68. The van der Waals surface area contributed by atoms with Crippen molar-refractivity contribution in [1.82, 2.24) is 0 Å². The second-order valence-electron chi connectivity index (χ2n) is 5.14. The Morgan fingerprint density at radius 2 is 1.87 bits per heavy atom. The molecule has 0 aliphatic carbocycles. The molecule has 0 heterocycles. The second-order valence-corrected chi connectivity index (χ2v) is 5.14. The fourth-order valence-electron chi connectivity index (χ4n) is 1.88.